The Labute approximate surface area is 83.9 Å². The van der Waals surface area contributed by atoms with Crippen molar-refractivity contribution in [2.75, 3.05) is 26.3 Å². The Hall–Kier alpha value is -0.870. The molecule has 0 aliphatic carbocycles. The van der Waals surface area contributed by atoms with E-state index >= 15 is 0 Å². The minimum absolute atomic E-state index is 0.399. The van der Waals surface area contributed by atoms with Crippen LogP contribution in [0, 0.1) is 5.92 Å². The topological polar surface area (TPSA) is 58.6 Å². The number of aliphatic carboxylic acids is 1. The molecule has 4 heteroatoms. The first-order valence-electron chi connectivity index (χ1n) is 4.97. The van der Waals surface area contributed by atoms with Crippen molar-refractivity contribution in [2.24, 2.45) is 5.92 Å². The number of rotatable bonds is 5. The summed E-state index contributed by atoms with van der Waals surface area (Å²) in [7, 11) is 0. The number of ether oxygens (including phenoxy) is 1. The van der Waals surface area contributed by atoms with Crippen LogP contribution in [-0.4, -0.2) is 37.4 Å². The molecule has 0 atom stereocenters. The lowest BCUT2D eigenvalue weighted by Crippen LogP contribution is -2.29. The Kier molecular flexibility index (Phi) is 5.25. The Bertz CT molecular complexity index is 198. The molecule has 4 nitrogen and oxygen atoms in total. The van der Waals surface area contributed by atoms with Gasteiger partial charge in [0.05, 0.1) is 6.61 Å². The van der Waals surface area contributed by atoms with Crippen LogP contribution in [0.4, 0.5) is 0 Å². The first-order valence-corrected chi connectivity index (χ1v) is 4.97. The van der Waals surface area contributed by atoms with Crippen molar-refractivity contribution < 1.29 is 14.6 Å². The van der Waals surface area contributed by atoms with Crippen molar-refractivity contribution in [1.29, 1.82) is 0 Å². The lowest BCUT2D eigenvalue weighted by Gasteiger charge is -2.21. The molecule has 0 amide bonds. The minimum atomic E-state index is -0.921. The van der Waals surface area contributed by atoms with E-state index in [-0.39, 0.29) is 0 Å². The maximum Gasteiger partial charge on any atom is 0.328 e. The highest BCUT2D eigenvalue weighted by molar-refractivity contribution is 5.79. The van der Waals surface area contributed by atoms with Crippen molar-refractivity contribution in [2.45, 2.75) is 12.8 Å². The summed E-state index contributed by atoms with van der Waals surface area (Å²) in [6, 6.07) is 0. The van der Waals surface area contributed by atoms with Crippen molar-refractivity contribution in [3.8, 4) is 0 Å². The zero-order valence-electron chi connectivity index (χ0n) is 8.24. The number of carboxylic acid groups (broad SMARTS) is 1. The third kappa shape index (κ3) is 4.99. The molecule has 0 bridgehead atoms. The minimum Gasteiger partial charge on any atom is -0.478 e. The molecule has 1 rings (SSSR count). The normalized spacial score (nSPS) is 18.9. The molecule has 1 heterocycles. The lowest BCUT2D eigenvalue weighted by molar-refractivity contribution is -0.131. The van der Waals surface area contributed by atoms with Crippen LogP contribution < -0.4 is 5.32 Å². The van der Waals surface area contributed by atoms with Gasteiger partial charge in [-0.2, -0.15) is 0 Å². The van der Waals surface area contributed by atoms with Gasteiger partial charge >= 0.3 is 5.97 Å². The summed E-state index contributed by atoms with van der Waals surface area (Å²) < 4.78 is 5.35. The van der Waals surface area contributed by atoms with Crippen LogP contribution in [0.2, 0.25) is 0 Å². The lowest BCUT2D eigenvalue weighted by atomic mass is 9.99. The highest BCUT2D eigenvalue weighted by Crippen LogP contribution is 2.11. The number of hydrogen-bond acceptors (Lipinski definition) is 3. The molecule has 1 aliphatic heterocycles. The predicted molar refractivity (Wildman–Crippen MR) is 53.2 cm³/mol. The molecule has 1 saturated heterocycles. The third-order valence-electron chi connectivity index (χ3n) is 2.29. The van der Waals surface area contributed by atoms with Crippen LogP contribution in [0.1, 0.15) is 12.8 Å². The van der Waals surface area contributed by atoms with Gasteiger partial charge in [-0.3, -0.25) is 0 Å². The third-order valence-corrected chi connectivity index (χ3v) is 2.29. The van der Waals surface area contributed by atoms with Gasteiger partial charge in [-0.15, -0.1) is 0 Å². The molecule has 1 aliphatic rings. The van der Waals surface area contributed by atoms with Gasteiger partial charge < -0.3 is 15.2 Å². The van der Waals surface area contributed by atoms with E-state index in [9.17, 15) is 4.79 Å². The molecule has 14 heavy (non-hydrogen) atoms. The van der Waals surface area contributed by atoms with Gasteiger partial charge in [0, 0.05) is 12.7 Å². The standard InChI is InChI=1S/C10H17NO3/c12-10(13)2-1-7-14-8-9-3-5-11-6-4-9/h1-2,9,11H,3-8H2,(H,12,13)/b2-1+. The van der Waals surface area contributed by atoms with Gasteiger partial charge in [0.25, 0.3) is 0 Å². The zero-order chi connectivity index (χ0) is 10.2. The van der Waals surface area contributed by atoms with Gasteiger partial charge in [-0.1, -0.05) is 6.08 Å². The summed E-state index contributed by atoms with van der Waals surface area (Å²) in [5, 5.41) is 11.6. The molecule has 0 unspecified atom stereocenters. The molecule has 0 radical (unpaired) electrons. The molecule has 2 N–H and O–H groups in total. The first kappa shape index (κ1) is 11.2. The van der Waals surface area contributed by atoms with Crippen LogP contribution in [0.25, 0.3) is 0 Å². The number of piperidine rings is 1. The maximum atomic E-state index is 10.1. The van der Waals surface area contributed by atoms with Gasteiger partial charge in [-0.25, -0.2) is 4.79 Å². The molecule has 0 saturated carbocycles. The van der Waals surface area contributed by atoms with Crippen LogP contribution in [0.3, 0.4) is 0 Å². The van der Waals surface area contributed by atoms with Crippen molar-refractivity contribution in [3.63, 3.8) is 0 Å². The molecular weight excluding hydrogens is 182 g/mol. The van der Waals surface area contributed by atoms with Gasteiger partial charge in [0.1, 0.15) is 0 Å². The molecule has 1 fully saturated rings. The Morgan fingerprint density at radius 3 is 2.86 bits per heavy atom. The monoisotopic (exact) mass is 199 g/mol. The predicted octanol–water partition coefficient (Wildman–Crippen LogP) is 0.643. The van der Waals surface area contributed by atoms with Crippen LogP contribution in [-0.2, 0) is 9.53 Å². The SMILES string of the molecule is O=C(O)/C=C/COCC1CCNCC1. The Morgan fingerprint density at radius 1 is 1.50 bits per heavy atom. The maximum absolute atomic E-state index is 10.1. The summed E-state index contributed by atoms with van der Waals surface area (Å²) in [6.45, 7) is 3.28. The van der Waals surface area contributed by atoms with E-state index in [0.29, 0.717) is 12.5 Å². The van der Waals surface area contributed by atoms with E-state index in [0.717, 1.165) is 38.6 Å². The van der Waals surface area contributed by atoms with Crippen LogP contribution >= 0.6 is 0 Å². The Morgan fingerprint density at radius 2 is 2.21 bits per heavy atom. The van der Waals surface area contributed by atoms with E-state index in [1.54, 1.807) is 0 Å². The molecule has 80 valence electrons. The number of nitrogens with one attached hydrogen (secondary N) is 1. The number of carboxylic acids is 1. The van der Waals surface area contributed by atoms with Crippen LogP contribution in [0.15, 0.2) is 12.2 Å². The van der Waals surface area contributed by atoms with Crippen LogP contribution in [0.5, 0.6) is 0 Å². The van der Waals surface area contributed by atoms with E-state index in [4.69, 9.17) is 9.84 Å². The fraction of sp³-hybridized carbons (Fsp3) is 0.700. The van der Waals surface area contributed by atoms with Gasteiger partial charge in [0.15, 0.2) is 0 Å². The second-order valence-electron chi connectivity index (χ2n) is 3.47. The largest absolute Gasteiger partial charge is 0.478 e. The van der Waals surface area contributed by atoms with Crippen molar-refractivity contribution >= 4 is 5.97 Å². The second-order valence-corrected chi connectivity index (χ2v) is 3.47. The van der Waals surface area contributed by atoms with E-state index in [1.165, 1.54) is 6.08 Å². The molecule has 0 spiro atoms. The van der Waals surface area contributed by atoms with Crippen molar-refractivity contribution in [1.82, 2.24) is 5.32 Å². The highest BCUT2D eigenvalue weighted by Gasteiger charge is 2.12. The van der Waals surface area contributed by atoms with E-state index < -0.39 is 5.97 Å². The van der Waals surface area contributed by atoms with E-state index in [1.807, 2.05) is 0 Å². The average molecular weight is 199 g/mol. The van der Waals surface area contributed by atoms with Gasteiger partial charge in [-0.05, 0) is 31.8 Å². The summed E-state index contributed by atoms with van der Waals surface area (Å²) in [5.74, 6) is -0.287. The fourth-order valence-corrected chi connectivity index (χ4v) is 1.50. The summed E-state index contributed by atoms with van der Waals surface area (Å²) in [4.78, 5) is 10.1. The highest BCUT2D eigenvalue weighted by atomic mass is 16.5. The van der Waals surface area contributed by atoms with Gasteiger partial charge in [0.2, 0.25) is 0 Å². The van der Waals surface area contributed by atoms with E-state index in [2.05, 4.69) is 5.32 Å². The number of carbonyl (C=O) groups is 1. The molecular formula is C10H17NO3. The molecule has 0 aromatic heterocycles. The second kappa shape index (κ2) is 6.56. The Balaban J connectivity index is 2.00. The average Bonchev–Trinajstić information content (AvgIpc) is 2.18. The first-order chi connectivity index (χ1) is 6.79. The van der Waals surface area contributed by atoms with Crippen molar-refractivity contribution in [3.05, 3.63) is 12.2 Å². The molecule has 0 aromatic carbocycles. The smallest absolute Gasteiger partial charge is 0.328 e. The quantitative estimate of drug-likeness (QED) is 0.504. The molecule has 0 aromatic rings. The summed E-state index contributed by atoms with van der Waals surface area (Å²) in [6.07, 6.45) is 4.96. The summed E-state index contributed by atoms with van der Waals surface area (Å²) in [5.41, 5.74) is 0. The fourth-order valence-electron chi connectivity index (χ4n) is 1.50. The number of hydrogen-bond donors (Lipinski definition) is 2. The summed E-state index contributed by atoms with van der Waals surface area (Å²) >= 11 is 0. The zero-order valence-corrected chi connectivity index (χ0v) is 8.24.